The highest BCUT2D eigenvalue weighted by molar-refractivity contribution is 7.91. The Balaban J connectivity index is 1.88. The van der Waals surface area contributed by atoms with Crippen LogP contribution in [0.25, 0.3) is 0 Å². The fourth-order valence-corrected chi connectivity index (χ4v) is 7.32. The first-order valence-corrected chi connectivity index (χ1v) is 13.5. The molecule has 1 aromatic rings. The maximum Gasteiger partial charge on any atom is 0.254 e. The van der Waals surface area contributed by atoms with Gasteiger partial charge in [-0.15, -0.1) is 0 Å². The van der Waals surface area contributed by atoms with Crippen molar-refractivity contribution in [2.24, 2.45) is 5.92 Å². The fourth-order valence-electron chi connectivity index (χ4n) is 4.02. The van der Waals surface area contributed by atoms with Gasteiger partial charge in [0.1, 0.15) is 0 Å². The third-order valence-electron chi connectivity index (χ3n) is 5.51. The highest BCUT2D eigenvalue weighted by Gasteiger charge is 2.35. The number of hydrogen-bond acceptors (Lipinski definition) is 5. The van der Waals surface area contributed by atoms with Crippen molar-refractivity contribution < 1.29 is 21.6 Å². The zero-order chi connectivity index (χ0) is 21.2. The molecule has 2 heterocycles. The lowest BCUT2D eigenvalue weighted by Crippen LogP contribution is -2.43. The summed E-state index contributed by atoms with van der Waals surface area (Å²) in [5, 5.41) is 0. The summed E-state index contributed by atoms with van der Waals surface area (Å²) in [4.78, 5) is 15.0. The first-order chi connectivity index (χ1) is 13.6. The van der Waals surface area contributed by atoms with Gasteiger partial charge < -0.3 is 4.90 Å². The van der Waals surface area contributed by atoms with Crippen molar-refractivity contribution in [2.45, 2.75) is 50.5 Å². The molecule has 2 aliphatic heterocycles. The fraction of sp³-hybridized carbons (Fsp3) is 0.650. The van der Waals surface area contributed by atoms with Crippen LogP contribution in [-0.2, 0) is 19.9 Å². The van der Waals surface area contributed by atoms with E-state index in [9.17, 15) is 21.6 Å². The van der Waals surface area contributed by atoms with Gasteiger partial charge in [0.15, 0.2) is 9.84 Å². The second-order valence-corrected chi connectivity index (χ2v) is 12.6. The first-order valence-electron chi connectivity index (χ1n) is 10.2. The van der Waals surface area contributed by atoms with Crippen LogP contribution in [0, 0.1) is 5.92 Å². The van der Waals surface area contributed by atoms with Gasteiger partial charge in [0.25, 0.3) is 5.91 Å². The molecule has 3 rings (SSSR count). The summed E-state index contributed by atoms with van der Waals surface area (Å²) in [5.74, 6) is -0.0841. The minimum atomic E-state index is -3.64. The van der Waals surface area contributed by atoms with Crippen LogP contribution in [0.1, 0.15) is 49.9 Å². The topological polar surface area (TPSA) is 91.8 Å². The van der Waals surface area contributed by atoms with Gasteiger partial charge in [-0.3, -0.25) is 4.79 Å². The molecular weight excluding hydrogens is 412 g/mol. The molecule has 7 nitrogen and oxygen atoms in total. The Hall–Kier alpha value is -1.45. The highest BCUT2D eigenvalue weighted by atomic mass is 32.2. The first kappa shape index (κ1) is 22.2. The van der Waals surface area contributed by atoms with Gasteiger partial charge >= 0.3 is 0 Å². The van der Waals surface area contributed by atoms with Crippen molar-refractivity contribution in [2.75, 3.05) is 31.1 Å². The molecule has 0 saturated carbocycles. The molecule has 9 heteroatoms. The number of carbonyl (C=O) groups is 1. The van der Waals surface area contributed by atoms with E-state index in [0.29, 0.717) is 26.1 Å². The summed E-state index contributed by atoms with van der Waals surface area (Å²) >= 11 is 0. The van der Waals surface area contributed by atoms with E-state index in [4.69, 9.17) is 0 Å². The maximum absolute atomic E-state index is 13.3. The molecule has 1 aromatic carbocycles. The van der Waals surface area contributed by atoms with Crippen LogP contribution in [0.5, 0.6) is 0 Å². The molecular formula is C20H30N2O5S2. The van der Waals surface area contributed by atoms with Crippen LogP contribution < -0.4 is 0 Å². The molecule has 29 heavy (non-hydrogen) atoms. The maximum atomic E-state index is 13.3. The van der Waals surface area contributed by atoms with Crippen molar-refractivity contribution in [3.8, 4) is 0 Å². The van der Waals surface area contributed by atoms with Crippen molar-refractivity contribution in [1.82, 2.24) is 9.21 Å². The van der Waals surface area contributed by atoms with Gasteiger partial charge in [-0.05, 0) is 43.4 Å². The predicted octanol–water partition coefficient (Wildman–Crippen LogP) is 2.15. The summed E-state index contributed by atoms with van der Waals surface area (Å²) in [7, 11) is -6.77. The Morgan fingerprint density at radius 2 is 1.90 bits per heavy atom. The second-order valence-electron chi connectivity index (χ2n) is 8.40. The molecule has 0 aromatic heterocycles. The standard InChI is InChI=1S/C20H30N2O5S2/c1-16(2)14-22(18-9-12-28(24,25)15-18)20(23)17-7-6-8-19(13-17)29(26,27)21-10-4-3-5-11-21/h6-8,13,16,18H,3-5,9-12,14-15H2,1-2H3/t18-/m1/s1. The number of rotatable bonds is 6. The van der Waals surface area contributed by atoms with Gasteiger partial charge in [-0.1, -0.05) is 26.3 Å². The Labute approximate surface area is 174 Å². The summed E-state index contributed by atoms with van der Waals surface area (Å²) < 4.78 is 51.3. The summed E-state index contributed by atoms with van der Waals surface area (Å²) in [5.41, 5.74) is 0.285. The number of benzene rings is 1. The number of sulfonamides is 1. The lowest BCUT2D eigenvalue weighted by atomic mass is 10.1. The third-order valence-corrected chi connectivity index (χ3v) is 9.15. The molecule has 2 fully saturated rings. The highest BCUT2D eigenvalue weighted by Crippen LogP contribution is 2.24. The lowest BCUT2D eigenvalue weighted by molar-refractivity contribution is 0.0672. The van der Waals surface area contributed by atoms with E-state index in [1.807, 2.05) is 13.8 Å². The van der Waals surface area contributed by atoms with E-state index in [-0.39, 0.29) is 39.8 Å². The van der Waals surface area contributed by atoms with Crippen LogP contribution >= 0.6 is 0 Å². The van der Waals surface area contributed by atoms with E-state index < -0.39 is 19.9 Å². The van der Waals surface area contributed by atoms with Crippen molar-refractivity contribution in [3.05, 3.63) is 29.8 Å². The monoisotopic (exact) mass is 442 g/mol. The molecule has 0 unspecified atom stereocenters. The number of amides is 1. The average molecular weight is 443 g/mol. The molecule has 0 N–H and O–H groups in total. The molecule has 0 aliphatic carbocycles. The molecule has 162 valence electrons. The van der Waals surface area contributed by atoms with Crippen molar-refractivity contribution in [1.29, 1.82) is 0 Å². The normalized spacial score (nSPS) is 22.7. The number of sulfone groups is 1. The van der Waals surface area contributed by atoms with E-state index in [1.54, 1.807) is 17.0 Å². The Bertz CT molecular complexity index is 951. The molecule has 0 radical (unpaired) electrons. The van der Waals surface area contributed by atoms with E-state index in [2.05, 4.69) is 0 Å². The molecule has 0 bridgehead atoms. The summed E-state index contributed by atoms with van der Waals surface area (Å²) in [6.45, 7) is 5.38. The van der Waals surface area contributed by atoms with Gasteiger partial charge in [0.2, 0.25) is 10.0 Å². The van der Waals surface area contributed by atoms with Crippen LogP contribution in [-0.4, -0.2) is 69.1 Å². The van der Waals surface area contributed by atoms with Gasteiger partial charge in [-0.25, -0.2) is 16.8 Å². The molecule has 2 aliphatic rings. The lowest BCUT2D eigenvalue weighted by Gasteiger charge is -2.30. The van der Waals surface area contributed by atoms with Crippen LogP contribution in [0.3, 0.4) is 0 Å². The number of nitrogens with zero attached hydrogens (tertiary/aromatic N) is 2. The number of carbonyl (C=O) groups excluding carboxylic acids is 1. The van der Waals surface area contributed by atoms with Crippen LogP contribution in [0.2, 0.25) is 0 Å². The third kappa shape index (κ3) is 5.19. The number of hydrogen-bond donors (Lipinski definition) is 0. The zero-order valence-corrected chi connectivity index (χ0v) is 18.7. The van der Waals surface area contributed by atoms with Crippen molar-refractivity contribution >= 4 is 25.8 Å². The van der Waals surface area contributed by atoms with E-state index >= 15 is 0 Å². The average Bonchev–Trinajstić information content (AvgIpc) is 3.05. The second kappa shape index (κ2) is 8.73. The summed E-state index contributed by atoms with van der Waals surface area (Å²) in [6, 6.07) is 5.78. The molecule has 0 spiro atoms. The summed E-state index contributed by atoms with van der Waals surface area (Å²) in [6.07, 6.45) is 3.14. The quantitative estimate of drug-likeness (QED) is 0.673. The van der Waals surface area contributed by atoms with Gasteiger partial charge in [0, 0.05) is 31.2 Å². The van der Waals surface area contributed by atoms with Crippen LogP contribution in [0.15, 0.2) is 29.2 Å². The Morgan fingerprint density at radius 3 is 2.48 bits per heavy atom. The Morgan fingerprint density at radius 1 is 1.21 bits per heavy atom. The predicted molar refractivity (Wildman–Crippen MR) is 112 cm³/mol. The molecule has 2 saturated heterocycles. The van der Waals surface area contributed by atoms with E-state index in [0.717, 1.165) is 19.3 Å². The van der Waals surface area contributed by atoms with Crippen molar-refractivity contribution in [3.63, 3.8) is 0 Å². The number of piperidine rings is 1. The molecule has 1 amide bonds. The minimum absolute atomic E-state index is 0.0305. The largest absolute Gasteiger partial charge is 0.334 e. The van der Waals surface area contributed by atoms with E-state index in [1.165, 1.54) is 16.4 Å². The SMILES string of the molecule is CC(C)CN(C(=O)c1cccc(S(=O)(=O)N2CCCCC2)c1)[C@@H]1CCS(=O)(=O)C1. The van der Waals surface area contributed by atoms with Gasteiger partial charge in [0.05, 0.1) is 16.4 Å². The molecule has 1 atom stereocenters. The smallest absolute Gasteiger partial charge is 0.254 e. The van der Waals surface area contributed by atoms with Gasteiger partial charge in [-0.2, -0.15) is 4.31 Å². The Kier molecular flexibility index (Phi) is 6.70. The minimum Gasteiger partial charge on any atom is -0.334 e. The van der Waals surface area contributed by atoms with Crippen LogP contribution in [0.4, 0.5) is 0 Å². The zero-order valence-electron chi connectivity index (χ0n) is 17.1.